The lowest BCUT2D eigenvalue weighted by atomic mass is 10.1. The molecule has 1 amide bonds. The summed E-state index contributed by atoms with van der Waals surface area (Å²) in [6.07, 6.45) is 1.89. The molecule has 0 unspecified atom stereocenters. The van der Waals surface area contributed by atoms with Gasteiger partial charge in [-0.05, 0) is 43.1 Å². The van der Waals surface area contributed by atoms with Gasteiger partial charge >= 0.3 is 0 Å². The molecule has 1 aliphatic rings. The van der Waals surface area contributed by atoms with E-state index in [1.165, 1.54) is 0 Å². The maximum Gasteiger partial charge on any atom is 0.237 e. The van der Waals surface area contributed by atoms with Gasteiger partial charge in [-0.15, -0.1) is 0 Å². The maximum atomic E-state index is 12.7. The minimum atomic E-state index is -0.111. The Kier molecular flexibility index (Phi) is 5.88. The molecular weight excluding hydrogens is 326 g/mol. The molecular formula is C21H23N3O2. The number of methoxy groups -OCH3 is 1. The van der Waals surface area contributed by atoms with E-state index >= 15 is 0 Å². The average Bonchev–Trinajstić information content (AvgIpc) is 3.15. The summed E-state index contributed by atoms with van der Waals surface area (Å²) in [5, 5.41) is 11.9. The number of nitrogens with one attached hydrogen (secondary N) is 1. The van der Waals surface area contributed by atoms with E-state index in [0.29, 0.717) is 12.1 Å². The molecule has 1 fully saturated rings. The lowest BCUT2D eigenvalue weighted by molar-refractivity contribution is -0.125. The van der Waals surface area contributed by atoms with E-state index in [-0.39, 0.29) is 11.9 Å². The van der Waals surface area contributed by atoms with E-state index in [4.69, 9.17) is 10.00 Å². The molecule has 1 heterocycles. The lowest BCUT2D eigenvalue weighted by Gasteiger charge is -2.24. The van der Waals surface area contributed by atoms with Crippen molar-refractivity contribution < 1.29 is 9.53 Å². The summed E-state index contributed by atoms with van der Waals surface area (Å²) in [6, 6.07) is 17.3. The number of para-hydroxylation sites is 1. The van der Waals surface area contributed by atoms with Crippen LogP contribution in [0.15, 0.2) is 48.5 Å². The highest BCUT2D eigenvalue weighted by Crippen LogP contribution is 2.21. The van der Waals surface area contributed by atoms with E-state index in [1.807, 2.05) is 48.5 Å². The number of ether oxygens (including phenoxy) is 1. The summed E-state index contributed by atoms with van der Waals surface area (Å²) in [4.78, 5) is 14.9. The number of likely N-dealkylation sites (tertiary alicyclic amines) is 1. The van der Waals surface area contributed by atoms with E-state index in [1.54, 1.807) is 7.11 Å². The third-order valence-corrected chi connectivity index (χ3v) is 4.78. The molecule has 5 nitrogen and oxygen atoms in total. The van der Waals surface area contributed by atoms with Crippen molar-refractivity contribution in [2.45, 2.75) is 32.0 Å². The SMILES string of the molecule is COc1ccccc1CNC(=O)[C@H]1CCCN1Cc1ccc(C#N)cc1. The number of rotatable bonds is 6. The van der Waals surface area contributed by atoms with Crippen LogP contribution in [0, 0.1) is 11.3 Å². The largest absolute Gasteiger partial charge is 0.496 e. The molecule has 134 valence electrons. The fraction of sp³-hybridized carbons (Fsp3) is 0.333. The zero-order valence-electron chi connectivity index (χ0n) is 14.9. The van der Waals surface area contributed by atoms with Crippen molar-refractivity contribution in [2.75, 3.05) is 13.7 Å². The van der Waals surface area contributed by atoms with Gasteiger partial charge < -0.3 is 10.1 Å². The fourth-order valence-corrected chi connectivity index (χ4v) is 3.38. The fourth-order valence-electron chi connectivity index (χ4n) is 3.38. The van der Waals surface area contributed by atoms with Gasteiger partial charge in [0.1, 0.15) is 5.75 Å². The summed E-state index contributed by atoms with van der Waals surface area (Å²) in [5.41, 5.74) is 2.75. The minimum Gasteiger partial charge on any atom is -0.496 e. The van der Waals surface area contributed by atoms with Crippen LogP contribution >= 0.6 is 0 Å². The second kappa shape index (κ2) is 8.50. The van der Waals surface area contributed by atoms with Gasteiger partial charge in [0.15, 0.2) is 0 Å². The van der Waals surface area contributed by atoms with E-state index in [2.05, 4.69) is 16.3 Å². The zero-order chi connectivity index (χ0) is 18.4. The number of carbonyl (C=O) groups excluding carboxylic acids is 1. The number of benzene rings is 2. The molecule has 1 saturated heterocycles. The summed E-state index contributed by atoms with van der Waals surface area (Å²) in [5.74, 6) is 0.843. The number of nitriles is 1. The Balaban J connectivity index is 1.60. The number of nitrogens with zero attached hydrogens (tertiary/aromatic N) is 2. The normalized spacial score (nSPS) is 16.8. The van der Waals surface area contributed by atoms with Gasteiger partial charge in [-0.2, -0.15) is 5.26 Å². The maximum absolute atomic E-state index is 12.7. The molecule has 0 bridgehead atoms. The summed E-state index contributed by atoms with van der Waals surface area (Å²) in [6.45, 7) is 2.09. The van der Waals surface area contributed by atoms with Crippen molar-refractivity contribution >= 4 is 5.91 Å². The highest BCUT2D eigenvalue weighted by atomic mass is 16.5. The van der Waals surface area contributed by atoms with E-state index in [0.717, 1.165) is 42.8 Å². The second-order valence-electron chi connectivity index (χ2n) is 6.47. The average molecular weight is 349 g/mol. The van der Waals surface area contributed by atoms with Crippen molar-refractivity contribution in [1.82, 2.24) is 10.2 Å². The molecule has 2 aromatic carbocycles. The van der Waals surface area contributed by atoms with Gasteiger partial charge in [0, 0.05) is 18.7 Å². The first-order valence-electron chi connectivity index (χ1n) is 8.84. The first-order valence-corrected chi connectivity index (χ1v) is 8.84. The van der Waals surface area contributed by atoms with Gasteiger partial charge in [-0.3, -0.25) is 9.69 Å². The third-order valence-electron chi connectivity index (χ3n) is 4.78. The molecule has 3 rings (SSSR count). The first-order chi connectivity index (χ1) is 12.7. The minimum absolute atomic E-state index is 0.0575. The van der Waals surface area contributed by atoms with E-state index < -0.39 is 0 Å². The number of hydrogen-bond donors (Lipinski definition) is 1. The van der Waals surface area contributed by atoms with Crippen molar-refractivity contribution in [3.05, 3.63) is 65.2 Å². The molecule has 0 spiro atoms. The van der Waals surface area contributed by atoms with Gasteiger partial charge in [0.2, 0.25) is 5.91 Å². The molecule has 5 heteroatoms. The standard InChI is InChI=1S/C21H23N3O2/c1-26-20-7-3-2-5-18(20)14-23-21(25)19-6-4-12-24(19)15-17-10-8-16(13-22)9-11-17/h2-3,5,7-11,19H,4,6,12,14-15H2,1H3,(H,23,25)/t19-/m1/s1. The molecule has 0 saturated carbocycles. The molecule has 1 atom stereocenters. The van der Waals surface area contributed by atoms with Crippen LogP contribution in [0.25, 0.3) is 0 Å². The van der Waals surface area contributed by atoms with Crippen molar-refractivity contribution in [3.63, 3.8) is 0 Å². The quantitative estimate of drug-likeness (QED) is 0.871. The molecule has 0 aliphatic carbocycles. The summed E-state index contributed by atoms with van der Waals surface area (Å²) >= 11 is 0. The molecule has 2 aromatic rings. The van der Waals surface area contributed by atoms with Gasteiger partial charge in [-0.1, -0.05) is 30.3 Å². The Morgan fingerprint density at radius 1 is 1.27 bits per heavy atom. The van der Waals surface area contributed by atoms with Crippen LogP contribution in [0.5, 0.6) is 5.75 Å². The van der Waals surface area contributed by atoms with Crippen molar-refractivity contribution in [2.24, 2.45) is 0 Å². The number of hydrogen-bond acceptors (Lipinski definition) is 4. The van der Waals surface area contributed by atoms with Gasteiger partial charge in [-0.25, -0.2) is 0 Å². The third kappa shape index (κ3) is 4.22. The first kappa shape index (κ1) is 18.0. The zero-order valence-corrected chi connectivity index (χ0v) is 14.9. The van der Waals surface area contributed by atoms with Crippen LogP contribution in [-0.2, 0) is 17.9 Å². The van der Waals surface area contributed by atoms with E-state index in [9.17, 15) is 4.79 Å². The van der Waals surface area contributed by atoms with Crippen LogP contribution in [0.1, 0.15) is 29.5 Å². The Morgan fingerprint density at radius 3 is 2.77 bits per heavy atom. The molecule has 1 aliphatic heterocycles. The Hall–Kier alpha value is -2.84. The van der Waals surface area contributed by atoms with Crippen molar-refractivity contribution in [1.29, 1.82) is 5.26 Å². The lowest BCUT2D eigenvalue weighted by Crippen LogP contribution is -2.42. The monoisotopic (exact) mass is 349 g/mol. The molecule has 1 N–H and O–H groups in total. The molecule has 0 aromatic heterocycles. The summed E-state index contributed by atoms with van der Waals surface area (Å²) < 4.78 is 5.34. The Bertz CT molecular complexity index is 796. The number of amides is 1. The Morgan fingerprint density at radius 2 is 2.04 bits per heavy atom. The predicted octanol–water partition coefficient (Wildman–Crippen LogP) is 2.85. The van der Waals surface area contributed by atoms with Crippen LogP contribution in [0.4, 0.5) is 0 Å². The molecule has 0 radical (unpaired) electrons. The van der Waals surface area contributed by atoms with Crippen LogP contribution in [-0.4, -0.2) is 30.5 Å². The van der Waals surface area contributed by atoms with Crippen molar-refractivity contribution in [3.8, 4) is 11.8 Å². The smallest absolute Gasteiger partial charge is 0.237 e. The van der Waals surface area contributed by atoms with Crippen LogP contribution in [0.3, 0.4) is 0 Å². The highest BCUT2D eigenvalue weighted by molar-refractivity contribution is 5.82. The highest BCUT2D eigenvalue weighted by Gasteiger charge is 2.30. The van der Waals surface area contributed by atoms with Crippen LogP contribution < -0.4 is 10.1 Å². The second-order valence-corrected chi connectivity index (χ2v) is 6.47. The Labute approximate surface area is 154 Å². The summed E-state index contributed by atoms with van der Waals surface area (Å²) in [7, 11) is 1.64. The topological polar surface area (TPSA) is 65.4 Å². The van der Waals surface area contributed by atoms with Crippen LogP contribution in [0.2, 0.25) is 0 Å². The predicted molar refractivity (Wildman–Crippen MR) is 99.4 cm³/mol. The van der Waals surface area contributed by atoms with Gasteiger partial charge in [0.05, 0.1) is 24.8 Å². The number of carbonyl (C=O) groups is 1. The van der Waals surface area contributed by atoms with Gasteiger partial charge in [0.25, 0.3) is 0 Å². The molecule has 26 heavy (non-hydrogen) atoms.